The molecule has 0 aliphatic carbocycles. The lowest BCUT2D eigenvalue weighted by Gasteiger charge is -2.37. The van der Waals surface area contributed by atoms with Gasteiger partial charge in [0.15, 0.2) is 6.61 Å². The Bertz CT molecular complexity index is 1320. The molecule has 36 heavy (non-hydrogen) atoms. The number of hydrogen-bond donors (Lipinski definition) is 1. The van der Waals surface area contributed by atoms with Gasteiger partial charge in [-0.05, 0) is 67.3 Å². The Hall–Kier alpha value is -3.36. The molecule has 1 saturated heterocycles. The van der Waals surface area contributed by atoms with Crippen molar-refractivity contribution in [1.29, 1.82) is 0 Å². The number of piperazine rings is 1. The number of rotatable bonds is 8. The number of benzene rings is 3. The molecule has 0 bridgehead atoms. The largest absolute Gasteiger partial charge is 0.483 e. The van der Waals surface area contributed by atoms with Gasteiger partial charge in [0.25, 0.3) is 5.91 Å². The van der Waals surface area contributed by atoms with Crippen molar-refractivity contribution in [2.24, 2.45) is 0 Å². The Morgan fingerprint density at radius 3 is 2.31 bits per heavy atom. The monoisotopic (exact) mass is 507 g/mol. The van der Waals surface area contributed by atoms with Crippen molar-refractivity contribution in [3.63, 3.8) is 0 Å². The van der Waals surface area contributed by atoms with Crippen LogP contribution in [-0.4, -0.2) is 52.0 Å². The maximum Gasteiger partial charge on any atom is 0.260 e. The van der Waals surface area contributed by atoms with Crippen LogP contribution in [0.2, 0.25) is 0 Å². The average Bonchev–Trinajstić information content (AvgIpc) is 2.89. The summed E-state index contributed by atoms with van der Waals surface area (Å²) in [5.41, 5.74) is 5.30. The van der Waals surface area contributed by atoms with E-state index in [0.29, 0.717) is 24.4 Å². The number of amides is 1. The van der Waals surface area contributed by atoms with Gasteiger partial charge in [0.05, 0.1) is 4.90 Å². The second-order valence-corrected chi connectivity index (χ2v) is 10.9. The molecule has 1 heterocycles. The van der Waals surface area contributed by atoms with E-state index in [1.807, 2.05) is 35.2 Å². The van der Waals surface area contributed by atoms with Crippen molar-refractivity contribution in [2.75, 3.05) is 37.7 Å². The Kier molecular flexibility index (Phi) is 7.96. The molecule has 7 nitrogen and oxygen atoms in total. The first-order chi connectivity index (χ1) is 17.2. The molecule has 3 aromatic rings. The molecule has 8 heteroatoms. The van der Waals surface area contributed by atoms with E-state index in [-0.39, 0.29) is 24.0 Å². The van der Waals surface area contributed by atoms with Crippen LogP contribution in [0.5, 0.6) is 5.75 Å². The van der Waals surface area contributed by atoms with Crippen molar-refractivity contribution >= 4 is 21.6 Å². The molecule has 1 amide bonds. The number of carbonyl (C=O) groups excluding carboxylic acids is 1. The smallest absolute Gasteiger partial charge is 0.260 e. The average molecular weight is 508 g/mol. The summed E-state index contributed by atoms with van der Waals surface area (Å²) in [4.78, 5) is 17.1. The highest BCUT2D eigenvalue weighted by molar-refractivity contribution is 7.89. The normalized spacial score (nSPS) is 14.1. The Labute approximate surface area is 213 Å². The topological polar surface area (TPSA) is 78.9 Å². The van der Waals surface area contributed by atoms with Crippen LogP contribution in [0.4, 0.5) is 5.69 Å². The Morgan fingerprint density at radius 2 is 1.61 bits per heavy atom. The lowest BCUT2D eigenvalue weighted by Crippen LogP contribution is -2.50. The second-order valence-electron chi connectivity index (χ2n) is 9.11. The maximum absolute atomic E-state index is 12.8. The van der Waals surface area contributed by atoms with Crippen molar-refractivity contribution < 1.29 is 17.9 Å². The minimum absolute atomic E-state index is 0.0729. The van der Waals surface area contributed by atoms with E-state index in [1.165, 1.54) is 22.9 Å². The molecule has 4 rings (SSSR count). The van der Waals surface area contributed by atoms with Crippen LogP contribution in [0.15, 0.2) is 71.6 Å². The fraction of sp³-hybridized carbons (Fsp3) is 0.321. The molecular weight excluding hydrogens is 474 g/mol. The van der Waals surface area contributed by atoms with Gasteiger partial charge in [0.1, 0.15) is 5.75 Å². The summed E-state index contributed by atoms with van der Waals surface area (Å²) in [6.07, 6.45) is 0. The number of ether oxygens (including phenoxy) is 1. The fourth-order valence-electron chi connectivity index (χ4n) is 4.31. The van der Waals surface area contributed by atoms with Gasteiger partial charge in [0.2, 0.25) is 10.0 Å². The van der Waals surface area contributed by atoms with E-state index in [9.17, 15) is 13.2 Å². The van der Waals surface area contributed by atoms with Crippen LogP contribution in [0.3, 0.4) is 0 Å². The fourth-order valence-corrected chi connectivity index (χ4v) is 5.42. The summed E-state index contributed by atoms with van der Waals surface area (Å²) >= 11 is 0. The van der Waals surface area contributed by atoms with Crippen LogP contribution >= 0.6 is 0 Å². The quantitative estimate of drug-likeness (QED) is 0.502. The summed E-state index contributed by atoms with van der Waals surface area (Å²) < 4.78 is 33.8. The summed E-state index contributed by atoms with van der Waals surface area (Å²) in [7, 11) is -3.67. The molecule has 190 valence electrons. The Morgan fingerprint density at radius 1 is 0.889 bits per heavy atom. The zero-order valence-electron chi connectivity index (χ0n) is 21.0. The molecule has 1 fully saturated rings. The highest BCUT2D eigenvalue weighted by Crippen LogP contribution is 2.25. The minimum Gasteiger partial charge on any atom is -0.483 e. The molecule has 0 aromatic heterocycles. The van der Waals surface area contributed by atoms with Crippen LogP contribution in [0, 0.1) is 20.8 Å². The van der Waals surface area contributed by atoms with E-state index >= 15 is 0 Å². The predicted octanol–water partition coefficient (Wildman–Crippen LogP) is 3.82. The van der Waals surface area contributed by atoms with Gasteiger partial charge < -0.3 is 14.5 Å². The third-order valence-corrected chi connectivity index (χ3v) is 8.06. The number of carbonyl (C=O) groups is 1. The third kappa shape index (κ3) is 6.06. The zero-order chi connectivity index (χ0) is 25.7. The van der Waals surface area contributed by atoms with Crippen molar-refractivity contribution in [2.45, 2.75) is 32.2 Å². The molecule has 0 spiro atoms. The van der Waals surface area contributed by atoms with E-state index in [4.69, 9.17) is 4.74 Å². The lowest BCUT2D eigenvalue weighted by molar-refractivity contribution is -0.133. The van der Waals surface area contributed by atoms with Crippen molar-refractivity contribution in [1.82, 2.24) is 9.62 Å². The second kappa shape index (κ2) is 11.1. The minimum atomic E-state index is -3.67. The van der Waals surface area contributed by atoms with E-state index in [2.05, 4.69) is 41.7 Å². The first-order valence-corrected chi connectivity index (χ1v) is 13.6. The number of anilines is 1. The molecule has 0 atom stereocenters. The van der Waals surface area contributed by atoms with E-state index in [0.717, 1.165) is 18.7 Å². The molecule has 1 aliphatic rings. The predicted molar refractivity (Wildman–Crippen MR) is 142 cm³/mol. The SMILES string of the molecule is Cc1cc(S(=O)(=O)NCc2ccccc2)ccc1OCC(=O)N1CCN(c2cccc(C)c2C)CC1. The van der Waals surface area contributed by atoms with E-state index < -0.39 is 10.0 Å². The number of nitrogens with zero attached hydrogens (tertiary/aromatic N) is 2. The van der Waals surface area contributed by atoms with Gasteiger partial charge in [0, 0.05) is 38.4 Å². The molecular formula is C28H33N3O4S. The molecule has 0 radical (unpaired) electrons. The van der Waals surface area contributed by atoms with Gasteiger partial charge in [-0.3, -0.25) is 4.79 Å². The van der Waals surface area contributed by atoms with Gasteiger partial charge in [-0.25, -0.2) is 13.1 Å². The molecule has 0 saturated carbocycles. The third-order valence-electron chi connectivity index (χ3n) is 6.67. The first-order valence-electron chi connectivity index (χ1n) is 12.1. The maximum atomic E-state index is 12.8. The molecule has 3 aromatic carbocycles. The highest BCUT2D eigenvalue weighted by Gasteiger charge is 2.23. The number of sulfonamides is 1. The van der Waals surface area contributed by atoms with Crippen molar-refractivity contribution in [3.8, 4) is 5.75 Å². The summed E-state index contributed by atoms with van der Waals surface area (Å²) in [5.74, 6) is 0.427. The summed E-state index contributed by atoms with van der Waals surface area (Å²) in [5, 5.41) is 0. The first kappa shape index (κ1) is 25.7. The summed E-state index contributed by atoms with van der Waals surface area (Å²) in [6.45, 7) is 8.98. The number of aryl methyl sites for hydroxylation is 2. The molecule has 1 aliphatic heterocycles. The van der Waals surface area contributed by atoms with Gasteiger partial charge >= 0.3 is 0 Å². The zero-order valence-corrected chi connectivity index (χ0v) is 21.8. The van der Waals surface area contributed by atoms with Crippen LogP contribution in [0.25, 0.3) is 0 Å². The molecule has 1 N–H and O–H groups in total. The number of nitrogens with one attached hydrogen (secondary N) is 1. The van der Waals surface area contributed by atoms with Crippen LogP contribution < -0.4 is 14.4 Å². The highest BCUT2D eigenvalue weighted by atomic mass is 32.2. The standard InChI is InChI=1S/C28H33N3O4S/c1-21-8-7-11-26(23(21)3)30-14-16-31(17-15-30)28(32)20-35-27-13-12-25(18-22(27)2)36(33,34)29-19-24-9-5-4-6-10-24/h4-13,18,29H,14-17,19-20H2,1-3H3. The Balaban J connectivity index is 1.30. The molecule has 0 unspecified atom stereocenters. The van der Waals surface area contributed by atoms with Crippen LogP contribution in [-0.2, 0) is 21.4 Å². The van der Waals surface area contributed by atoms with Gasteiger partial charge in [-0.15, -0.1) is 0 Å². The summed E-state index contributed by atoms with van der Waals surface area (Å²) in [6, 6.07) is 20.3. The van der Waals surface area contributed by atoms with Crippen LogP contribution in [0.1, 0.15) is 22.3 Å². The lowest BCUT2D eigenvalue weighted by atomic mass is 10.1. The van der Waals surface area contributed by atoms with E-state index in [1.54, 1.807) is 19.1 Å². The van der Waals surface area contributed by atoms with Gasteiger partial charge in [-0.2, -0.15) is 0 Å². The number of hydrogen-bond acceptors (Lipinski definition) is 5. The van der Waals surface area contributed by atoms with Crippen molar-refractivity contribution in [3.05, 3.63) is 89.0 Å². The van der Waals surface area contributed by atoms with Gasteiger partial charge in [-0.1, -0.05) is 42.5 Å².